The van der Waals surface area contributed by atoms with Crippen LogP contribution in [0.4, 0.5) is 0 Å². The van der Waals surface area contributed by atoms with Gasteiger partial charge in [-0.25, -0.2) is 0 Å². The van der Waals surface area contributed by atoms with Gasteiger partial charge in [0, 0.05) is 25.6 Å². The van der Waals surface area contributed by atoms with E-state index in [1.54, 1.807) is 0 Å². The summed E-state index contributed by atoms with van der Waals surface area (Å²) in [4.78, 5) is 0. The van der Waals surface area contributed by atoms with Crippen LogP contribution >= 0.6 is 11.3 Å². The number of rotatable bonds is 3. The monoisotopic (exact) mass is 728 g/mol. The van der Waals surface area contributed by atoms with Crippen molar-refractivity contribution >= 4 is 74.6 Å². The minimum absolute atomic E-state index is 0.118. The van der Waals surface area contributed by atoms with Crippen LogP contribution in [-0.2, 0) is 5.41 Å². The van der Waals surface area contributed by atoms with Crippen molar-refractivity contribution in [1.29, 1.82) is 0 Å². The van der Waals surface area contributed by atoms with Gasteiger partial charge in [0.25, 0.3) is 0 Å². The van der Waals surface area contributed by atoms with Crippen LogP contribution in [0.1, 0.15) is 25.0 Å². The van der Waals surface area contributed by atoms with Crippen LogP contribution in [-0.4, -0.2) is 0 Å². The molecule has 1 aliphatic carbocycles. The molecule has 11 aromatic rings. The van der Waals surface area contributed by atoms with E-state index in [0.29, 0.717) is 0 Å². The van der Waals surface area contributed by atoms with Crippen molar-refractivity contribution in [3.8, 4) is 44.5 Å². The van der Waals surface area contributed by atoms with Crippen molar-refractivity contribution < 1.29 is 0 Å². The summed E-state index contributed by atoms with van der Waals surface area (Å²) in [6.45, 7) is 4.82. The van der Waals surface area contributed by atoms with E-state index >= 15 is 0 Å². The molecule has 262 valence electrons. The Morgan fingerprint density at radius 2 is 0.857 bits per heavy atom. The van der Waals surface area contributed by atoms with E-state index in [1.807, 2.05) is 11.3 Å². The standard InChI is InChI=1S/C55H36S/c1-55(2)49-31-24-34(32-48(49)45-28-30-47-44(53(45)55)27-29-46-38-18-12-13-23-50(38)56-54(46)47)35-25-26-43(37-17-7-6-16-36(35)37)52-41-21-10-8-19-39(41)51(33-14-4-3-5-15-33)40-20-9-11-22-42(40)52/h3-32H,1-2H3. The first-order valence-corrected chi connectivity index (χ1v) is 20.4. The fourth-order valence-corrected chi connectivity index (χ4v) is 11.4. The van der Waals surface area contributed by atoms with Gasteiger partial charge >= 0.3 is 0 Å². The molecule has 0 unspecified atom stereocenters. The lowest BCUT2D eigenvalue weighted by atomic mass is 9.80. The van der Waals surface area contributed by atoms with Crippen LogP contribution in [0, 0.1) is 0 Å². The number of benzene rings is 10. The summed E-state index contributed by atoms with van der Waals surface area (Å²) in [5, 5.41) is 13.1. The molecule has 1 aromatic heterocycles. The van der Waals surface area contributed by atoms with Gasteiger partial charge in [0.2, 0.25) is 0 Å². The molecule has 0 saturated carbocycles. The van der Waals surface area contributed by atoms with Gasteiger partial charge in [-0.1, -0.05) is 184 Å². The Balaban J connectivity index is 1.06. The molecule has 56 heavy (non-hydrogen) atoms. The van der Waals surface area contributed by atoms with E-state index in [0.717, 1.165) is 0 Å². The third kappa shape index (κ3) is 4.35. The van der Waals surface area contributed by atoms with Gasteiger partial charge in [0.1, 0.15) is 0 Å². The molecule has 0 radical (unpaired) electrons. The molecular weight excluding hydrogens is 693 g/mol. The molecule has 1 aliphatic rings. The third-order valence-corrected chi connectivity index (χ3v) is 13.9. The summed E-state index contributed by atoms with van der Waals surface area (Å²) in [5.41, 5.74) is 13.1. The van der Waals surface area contributed by atoms with Crippen LogP contribution in [0.5, 0.6) is 0 Å². The van der Waals surface area contributed by atoms with E-state index in [-0.39, 0.29) is 5.41 Å². The van der Waals surface area contributed by atoms with Crippen molar-refractivity contribution in [2.75, 3.05) is 0 Å². The smallest absolute Gasteiger partial charge is 0.0433 e. The fourth-order valence-electron chi connectivity index (χ4n) is 10.2. The number of hydrogen-bond donors (Lipinski definition) is 0. The first-order valence-electron chi connectivity index (χ1n) is 19.6. The minimum Gasteiger partial charge on any atom is -0.135 e. The topological polar surface area (TPSA) is 0 Å². The molecule has 1 heteroatoms. The van der Waals surface area contributed by atoms with Crippen LogP contribution in [0.25, 0.3) is 108 Å². The first kappa shape index (κ1) is 31.8. The highest BCUT2D eigenvalue weighted by Gasteiger charge is 2.37. The number of fused-ring (bicyclic) bond motifs is 12. The van der Waals surface area contributed by atoms with E-state index in [9.17, 15) is 0 Å². The average Bonchev–Trinajstić information content (AvgIpc) is 3.74. The summed E-state index contributed by atoms with van der Waals surface area (Å²) in [6, 6.07) is 68.1. The zero-order valence-corrected chi connectivity index (χ0v) is 32.0. The Kier molecular flexibility index (Phi) is 6.66. The molecule has 0 amide bonds. The Bertz CT molecular complexity index is 3380. The highest BCUT2D eigenvalue weighted by Crippen LogP contribution is 2.54. The molecule has 12 rings (SSSR count). The fraction of sp³-hybridized carbons (Fsp3) is 0.0545. The summed E-state index contributed by atoms with van der Waals surface area (Å²) >= 11 is 1.92. The van der Waals surface area contributed by atoms with Gasteiger partial charge in [-0.15, -0.1) is 11.3 Å². The number of hydrogen-bond acceptors (Lipinski definition) is 1. The maximum absolute atomic E-state index is 2.47. The van der Waals surface area contributed by atoms with E-state index in [2.05, 4.69) is 196 Å². The lowest BCUT2D eigenvalue weighted by molar-refractivity contribution is 0.666. The molecule has 0 N–H and O–H groups in total. The van der Waals surface area contributed by atoms with Gasteiger partial charge in [-0.3, -0.25) is 0 Å². The minimum atomic E-state index is -0.118. The first-order chi connectivity index (χ1) is 27.6. The largest absolute Gasteiger partial charge is 0.135 e. The Labute approximate surface area is 329 Å². The van der Waals surface area contributed by atoms with Crippen LogP contribution < -0.4 is 0 Å². The molecule has 0 atom stereocenters. The quantitative estimate of drug-likeness (QED) is 0.159. The maximum Gasteiger partial charge on any atom is 0.0433 e. The molecule has 0 spiro atoms. The predicted octanol–water partition coefficient (Wildman–Crippen LogP) is 16.0. The van der Waals surface area contributed by atoms with Gasteiger partial charge in [-0.05, 0) is 111 Å². The van der Waals surface area contributed by atoms with Crippen LogP contribution in [0.2, 0.25) is 0 Å². The highest BCUT2D eigenvalue weighted by atomic mass is 32.1. The van der Waals surface area contributed by atoms with E-state index in [1.165, 1.54) is 119 Å². The molecule has 10 aromatic carbocycles. The second-order valence-corrected chi connectivity index (χ2v) is 17.0. The maximum atomic E-state index is 2.47. The van der Waals surface area contributed by atoms with E-state index in [4.69, 9.17) is 0 Å². The Morgan fingerprint density at radius 3 is 1.57 bits per heavy atom. The summed E-state index contributed by atoms with van der Waals surface area (Å²) in [6.07, 6.45) is 0. The lowest BCUT2D eigenvalue weighted by Gasteiger charge is -2.23. The highest BCUT2D eigenvalue weighted by molar-refractivity contribution is 7.26. The zero-order valence-electron chi connectivity index (χ0n) is 31.2. The molecule has 1 heterocycles. The summed E-state index contributed by atoms with van der Waals surface area (Å²) in [5.74, 6) is 0. The third-order valence-electron chi connectivity index (χ3n) is 12.6. The Morgan fingerprint density at radius 1 is 0.339 bits per heavy atom. The summed E-state index contributed by atoms with van der Waals surface area (Å²) in [7, 11) is 0. The van der Waals surface area contributed by atoms with E-state index < -0.39 is 0 Å². The summed E-state index contributed by atoms with van der Waals surface area (Å²) < 4.78 is 2.74. The van der Waals surface area contributed by atoms with Crippen molar-refractivity contribution in [1.82, 2.24) is 0 Å². The predicted molar refractivity (Wildman–Crippen MR) is 243 cm³/mol. The molecule has 0 saturated heterocycles. The van der Waals surface area contributed by atoms with Crippen molar-refractivity contribution in [2.24, 2.45) is 0 Å². The zero-order chi connectivity index (χ0) is 37.1. The number of thiophene rings is 1. The average molecular weight is 729 g/mol. The molecular formula is C55H36S. The lowest BCUT2D eigenvalue weighted by Crippen LogP contribution is -2.15. The van der Waals surface area contributed by atoms with Crippen molar-refractivity contribution in [3.05, 3.63) is 193 Å². The normalized spacial score (nSPS) is 13.3. The van der Waals surface area contributed by atoms with Crippen molar-refractivity contribution in [3.63, 3.8) is 0 Å². The molecule has 0 fully saturated rings. The molecule has 0 bridgehead atoms. The van der Waals surface area contributed by atoms with Crippen molar-refractivity contribution in [2.45, 2.75) is 19.3 Å². The van der Waals surface area contributed by atoms with Crippen LogP contribution in [0.15, 0.2) is 182 Å². The molecule has 0 nitrogen and oxygen atoms in total. The second kappa shape index (κ2) is 11.7. The molecule has 0 aliphatic heterocycles. The van der Waals surface area contributed by atoms with Gasteiger partial charge < -0.3 is 0 Å². The SMILES string of the molecule is CC1(C)c2ccc(-c3ccc(-c4c5ccccc5c(-c5ccccc5)c5ccccc45)c4ccccc34)cc2-c2ccc3c(ccc4c5ccccc5sc34)c21. The van der Waals surface area contributed by atoms with Gasteiger partial charge in [-0.2, -0.15) is 0 Å². The van der Waals surface area contributed by atoms with Crippen LogP contribution in [0.3, 0.4) is 0 Å². The van der Waals surface area contributed by atoms with Gasteiger partial charge in [0.15, 0.2) is 0 Å². The Hall–Kier alpha value is -6.54. The second-order valence-electron chi connectivity index (χ2n) is 15.9. The van der Waals surface area contributed by atoms with Gasteiger partial charge in [0.05, 0.1) is 0 Å².